The fourth-order valence-electron chi connectivity index (χ4n) is 3.59. The number of methoxy groups -OCH3 is 1. The number of ether oxygens (including phenoxy) is 1. The molecule has 0 bridgehead atoms. The smallest absolute Gasteiger partial charge is 0.264 e. The molecule has 0 saturated carbocycles. The zero-order valence-corrected chi connectivity index (χ0v) is 16.0. The summed E-state index contributed by atoms with van der Waals surface area (Å²) in [6, 6.07) is 7.91. The SMILES string of the molecule is COCCC[C@H]1CCCCN1C(=O)c1cnc(-c2ccc(C)cc2)[nH]c1=O. The van der Waals surface area contributed by atoms with Crippen molar-refractivity contribution in [1.29, 1.82) is 0 Å². The Hall–Kier alpha value is -2.47. The van der Waals surface area contributed by atoms with E-state index in [0.717, 1.165) is 43.2 Å². The normalized spacial score (nSPS) is 17.1. The molecule has 1 aromatic carbocycles. The van der Waals surface area contributed by atoms with E-state index in [9.17, 15) is 9.59 Å². The largest absolute Gasteiger partial charge is 0.385 e. The van der Waals surface area contributed by atoms with E-state index in [0.29, 0.717) is 19.0 Å². The molecule has 6 nitrogen and oxygen atoms in total. The molecule has 2 aromatic rings. The van der Waals surface area contributed by atoms with Crippen molar-refractivity contribution in [3.8, 4) is 11.4 Å². The topological polar surface area (TPSA) is 75.3 Å². The Bertz CT molecular complexity index is 829. The molecule has 6 heteroatoms. The fourth-order valence-corrected chi connectivity index (χ4v) is 3.59. The lowest BCUT2D eigenvalue weighted by molar-refractivity contribution is 0.0582. The van der Waals surface area contributed by atoms with Gasteiger partial charge in [0.15, 0.2) is 0 Å². The Morgan fingerprint density at radius 3 is 2.78 bits per heavy atom. The maximum Gasteiger partial charge on any atom is 0.264 e. The van der Waals surface area contributed by atoms with Crippen molar-refractivity contribution >= 4 is 5.91 Å². The molecule has 0 aliphatic carbocycles. The van der Waals surface area contributed by atoms with Crippen molar-refractivity contribution in [2.24, 2.45) is 0 Å². The molecule has 1 saturated heterocycles. The number of amides is 1. The number of hydrogen-bond donors (Lipinski definition) is 1. The number of carbonyl (C=O) groups is 1. The molecule has 1 atom stereocenters. The first-order valence-corrected chi connectivity index (χ1v) is 9.56. The number of aromatic nitrogens is 2. The van der Waals surface area contributed by atoms with Gasteiger partial charge in [0.25, 0.3) is 11.5 Å². The predicted molar refractivity (Wildman–Crippen MR) is 105 cm³/mol. The van der Waals surface area contributed by atoms with E-state index in [2.05, 4.69) is 9.97 Å². The third kappa shape index (κ3) is 4.63. The van der Waals surface area contributed by atoms with Crippen LogP contribution in [0.15, 0.2) is 35.3 Å². The van der Waals surface area contributed by atoms with Gasteiger partial charge in [-0.15, -0.1) is 0 Å². The van der Waals surface area contributed by atoms with Crippen LogP contribution in [0.25, 0.3) is 11.4 Å². The van der Waals surface area contributed by atoms with Gasteiger partial charge in [-0.1, -0.05) is 29.8 Å². The molecule has 1 aliphatic heterocycles. The zero-order valence-electron chi connectivity index (χ0n) is 16.0. The number of H-pyrrole nitrogens is 1. The lowest BCUT2D eigenvalue weighted by Gasteiger charge is -2.35. The molecule has 0 radical (unpaired) electrons. The molecule has 27 heavy (non-hydrogen) atoms. The van der Waals surface area contributed by atoms with Crippen molar-refractivity contribution in [2.45, 2.75) is 45.1 Å². The second-order valence-electron chi connectivity index (χ2n) is 7.12. The van der Waals surface area contributed by atoms with Gasteiger partial charge in [0.2, 0.25) is 0 Å². The van der Waals surface area contributed by atoms with Crippen molar-refractivity contribution < 1.29 is 9.53 Å². The Balaban J connectivity index is 1.79. The molecular formula is C21H27N3O3. The zero-order chi connectivity index (χ0) is 19.2. The van der Waals surface area contributed by atoms with Crippen LogP contribution < -0.4 is 5.56 Å². The molecule has 144 valence electrons. The van der Waals surface area contributed by atoms with Gasteiger partial charge >= 0.3 is 0 Å². The molecule has 1 N–H and O–H groups in total. The Labute approximate surface area is 159 Å². The highest BCUT2D eigenvalue weighted by atomic mass is 16.5. The minimum Gasteiger partial charge on any atom is -0.385 e. The van der Waals surface area contributed by atoms with Crippen LogP contribution in [0.4, 0.5) is 0 Å². The molecular weight excluding hydrogens is 342 g/mol. The summed E-state index contributed by atoms with van der Waals surface area (Å²) < 4.78 is 5.13. The number of hydrogen-bond acceptors (Lipinski definition) is 4. The monoisotopic (exact) mass is 369 g/mol. The minimum atomic E-state index is -0.383. The number of carbonyl (C=O) groups excluding carboxylic acids is 1. The summed E-state index contributed by atoms with van der Waals surface area (Å²) in [4.78, 5) is 34.5. The molecule has 1 fully saturated rings. The molecule has 3 rings (SSSR count). The van der Waals surface area contributed by atoms with Crippen molar-refractivity contribution in [3.63, 3.8) is 0 Å². The Kier molecular flexibility index (Phi) is 6.40. The first-order valence-electron chi connectivity index (χ1n) is 9.56. The van der Waals surface area contributed by atoms with E-state index in [4.69, 9.17) is 4.74 Å². The second kappa shape index (κ2) is 8.95. The third-order valence-electron chi connectivity index (χ3n) is 5.13. The number of aromatic amines is 1. The van der Waals surface area contributed by atoms with Gasteiger partial charge in [0, 0.05) is 38.1 Å². The number of nitrogens with one attached hydrogen (secondary N) is 1. The van der Waals surface area contributed by atoms with Crippen LogP contribution in [0.2, 0.25) is 0 Å². The van der Waals surface area contributed by atoms with Crippen LogP contribution in [0.3, 0.4) is 0 Å². The summed E-state index contributed by atoms with van der Waals surface area (Å²) in [5.41, 5.74) is 1.70. The number of benzene rings is 1. The molecule has 1 aliphatic rings. The predicted octanol–water partition coefficient (Wildman–Crippen LogP) is 3.17. The van der Waals surface area contributed by atoms with Crippen LogP contribution in [0, 0.1) is 6.92 Å². The summed E-state index contributed by atoms with van der Waals surface area (Å²) in [6.07, 6.45) is 6.28. The highest BCUT2D eigenvalue weighted by molar-refractivity contribution is 5.94. The molecule has 0 unspecified atom stereocenters. The number of rotatable bonds is 6. The number of aryl methyl sites for hydroxylation is 1. The van der Waals surface area contributed by atoms with Gasteiger partial charge in [-0.25, -0.2) is 4.98 Å². The van der Waals surface area contributed by atoms with Crippen molar-refractivity contribution in [1.82, 2.24) is 14.9 Å². The van der Waals surface area contributed by atoms with Gasteiger partial charge in [-0.05, 0) is 39.0 Å². The fraction of sp³-hybridized carbons (Fsp3) is 0.476. The number of nitrogens with zero attached hydrogens (tertiary/aromatic N) is 2. The van der Waals surface area contributed by atoms with Crippen LogP contribution in [0.5, 0.6) is 0 Å². The summed E-state index contributed by atoms with van der Waals surface area (Å²) >= 11 is 0. The quantitative estimate of drug-likeness (QED) is 0.794. The average Bonchev–Trinajstić information content (AvgIpc) is 2.68. The van der Waals surface area contributed by atoms with Crippen LogP contribution in [-0.4, -0.2) is 47.1 Å². The van der Waals surface area contributed by atoms with E-state index >= 15 is 0 Å². The summed E-state index contributed by atoms with van der Waals surface area (Å²) in [5.74, 6) is 0.258. The molecule has 1 aromatic heterocycles. The standard InChI is InChI=1S/C21H27N3O3/c1-15-8-10-16(11-9-15)19-22-14-18(20(25)23-19)21(26)24-12-4-3-6-17(24)7-5-13-27-2/h8-11,14,17H,3-7,12-13H2,1-2H3,(H,22,23,25)/t17-/m1/s1. The maximum atomic E-state index is 13.0. The highest BCUT2D eigenvalue weighted by Crippen LogP contribution is 2.22. The summed E-state index contributed by atoms with van der Waals surface area (Å²) in [7, 11) is 1.69. The third-order valence-corrected chi connectivity index (χ3v) is 5.13. The Morgan fingerprint density at radius 1 is 1.30 bits per heavy atom. The van der Waals surface area contributed by atoms with E-state index in [1.54, 1.807) is 7.11 Å². The molecule has 0 spiro atoms. The minimum absolute atomic E-state index is 0.115. The highest BCUT2D eigenvalue weighted by Gasteiger charge is 2.28. The first-order chi connectivity index (χ1) is 13.1. The van der Waals surface area contributed by atoms with E-state index < -0.39 is 0 Å². The Morgan fingerprint density at radius 2 is 2.07 bits per heavy atom. The van der Waals surface area contributed by atoms with Gasteiger partial charge in [0.05, 0.1) is 0 Å². The first kappa shape index (κ1) is 19.3. The van der Waals surface area contributed by atoms with E-state index in [1.165, 1.54) is 6.20 Å². The van der Waals surface area contributed by atoms with Gasteiger partial charge in [0.1, 0.15) is 11.4 Å². The van der Waals surface area contributed by atoms with E-state index in [1.807, 2.05) is 36.1 Å². The van der Waals surface area contributed by atoms with Crippen LogP contribution in [0.1, 0.15) is 48.0 Å². The van der Waals surface area contributed by atoms with Crippen molar-refractivity contribution in [3.05, 3.63) is 51.9 Å². The molecule has 2 heterocycles. The van der Waals surface area contributed by atoms with Crippen molar-refractivity contribution in [2.75, 3.05) is 20.3 Å². The maximum absolute atomic E-state index is 13.0. The van der Waals surface area contributed by atoms with Gasteiger partial charge < -0.3 is 14.6 Å². The average molecular weight is 369 g/mol. The second-order valence-corrected chi connectivity index (χ2v) is 7.12. The van der Waals surface area contributed by atoms with E-state index in [-0.39, 0.29) is 23.1 Å². The number of likely N-dealkylation sites (tertiary alicyclic amines) is 1. The lowest BCUT2D eigenvalue weighted by Crippen LogP contribution is -2.45. The summed E-state index contributed by atoms with van der Waals surface area (Å²) in [5, 5.41) is 0. The number of piperidine rings is 1. The summed E-state index contributed by atoms with van der Waals surface area (Å²) in [6.45, 7) is 3.38. The molecule has 1 amide bonds. The lowest BCUT2D eigenvalue weighted by atomic mass is 9.97. The van der Waals surface area contributed by atoms with Crippen LogP contribution in [-0.2, 0) is 4.74 Å². The van der Waals surface area contributed by atoms with Gasteiger partial charge in [-0.2, -0.15) is 0 Å². The van der Waals surface area contributed by atoms with Gasteiger partial charge in [-0.3, -0.25) is 9.59 Å². The van der Waals surface area contributed by atoms with Crippen LogP contribution >= 0.6 is 0 Å².